The van der Waals surface area contributed by atoms with Crippen LogP contribution in [0.25, 0.3) is 0 Å². The van der Waals surface area contributed by atoms with E-state index >= 15 is 0 Å². The third-order valence-corrected chi connectivity index (χ3v) is 3.69. The van der Waals surface area contributed by atoms with Gasteiger partial charge in [0.05, 0.1) is 0 Å². The number of hydrogen-bond donors (Lipinski definition) is 1. The largest absolute Gasteiger partial charge is 0.368 e. The second kappa shape index (κ2) is 5.43. The minimum absolute atomic E-state index is 0.305. The molecule has 0 spiro atoms. The van der Waals surface area contributed by atoms with E-state index in [1.54, 1.807) is 6.20 Å². The number of nitrogens with zero attached hydrogens (tertiary/aromatic N) is 2. The number of benzene rings is 1. The first-order chi connectivity index (χ1) is 9.75. The summed E-state index contributed by atoms with van der Waals surface area (Å²) in [6.07, 6.45) is 4.49. The second-order valence-corrected chi connectivity index (χ2v) is 5.01. The summed E-state index contributed by atoms with van der Waals surface area (Å²) in [4.78, 5) is 18.1. The highest BCUT2D eigenvalue weighted by atomic mass is 16.1. The molecule has 0 fully saturated rings. The highest BCUT2D eigenvalue weighted by Crippen LogP contribution is 2.30. The van der Waals surface area contributed by atoms with E-state index < -0.39 is 0 Å². The average Bonchev–Trinajstić information content (AvgIpc) is 2.47. The van der Waals surface area contributed by atoms with Gasteiger partial charge < -0.3 is 5.73 Å². The second-order valence-electron chi connectivity index (χ2n) is 5.01. The van der Waals surface area contributed by atoms with E-state index in [0.717, 1.165) is 24.1 Å². The van der Waals surface area contributed by atoms with Crippen LogP contribution in [0.2, 0.25) is 0 Å². The summed E-state index contributed by atoms with van der Waals surface area (Å²) in [5.74, 6) is -0.305. The van der Waals surface area contributed by atoms with Gasteiger partial charge in [-0.3, -0.25) is 14.7 Å². The molecule has 1 atom stereocenters. The van der Waals surface area contributed by atoms with Crippen molar-refractivity contribution >= 4 is 5.91 Å². The fraction of sp³-hybridized carbons (Fsp3) is 0.250. The third kappa shape index (κ3) is 2.42. The molecule has 0 saturated carbocycles. The van der Waals surface area contributed by atoms with Gasteiger partial charge in [-0.25, -0.2) is 0 Å². The van der Waals surface area contributed by atoms with E-state index in [9.17, 15) is 4.79 Å². The SMILES string of the molecule is NC(=O)C1c2cc[c]cc2CCN1Cc1cccnc1. The zero-order chi connectivity index (χ0) is 13.9. The van der Waals surface area contributed by atoms with Crippen LogP contribution in [0.5, 0.6) is 0 Å². The number of carbonyl (C=O) groups excluding carboxylic acids is 1. The third-order valence-electron chi connectivity index (χ3n) is 3.69. The highest BCUT2D eigenvalue weighted by molar-refractivity contribution is 5.82. The van der Waals surface area contributed by atoms with E-state index in [0.29, 0.717) is 6.54 Å². The first kappa shape index (κ1) is 12.8. The standard InChI is InChI=1S/C16H16N3O/c17-16(20)15-14-6-2-1-5-13(14)7-9-19(15)11-12-4-3-8-18-10-12/h2-6,8,10,15H,7,9,11H2,(H2,17,20). The fourth-order valence-electron chi connectivity index (χ4n) is 2.78. The summed E-state index contributed by atoms with van der Waals surface area (Å²) in [5, 5.41) is 0. The zero-order valence-electron chi connectivity index (χ0n) is 11.1. The Kier molecular flexibility index (Phi) is 3.48. The van der Waals surface area contributed by atoms with Gasteiger partial charge in [-0.05, 0) is 35.2 Å². The first-order valence-corrected chi connectivity index (χ1v) is 6.67. The molecule has 4 heteroatoms. The molecule has 1 unspecified atom stereocenters. The molecule has 2 heterocycles. The van der Waals surface area contributed by atoms with Crippen LogP contribution < -0.4 is 5.73 Å². The Balaban J connectivity index is 1.91. The molecule has 0 bridgehead atoms. The van der Waals surface area contributed by atoms with E-state index in [2.05, 4.69) is 16.0 Å². The number of rotatable bonds is 3. The molecule has 0 aliphatic carbocycles. The van der Waals surface area contributed by atoms with Gasteiger partial charge in [0.1, 0.15) is 6.04 Å². The lowest BCUT2D eigenvalue weighted by atomic mass is 9.92. The van der Waals surface area contributed by atoms with Crippen molar-refractivity contribution in [3.05, 3.63) is 65.5 Å². The minimum atomic E-state index is -0.367. The van der Waals surface area contributed by atoms with Crippen molar-refractivity contribution in [2.75, 3.05) is 6.54 Å². The lowest BCUT2D eigenvalue weighted by Gasteiger charge is -2.35. The summed E-state index contributed by atoms with van der Waals surface area (Å²) in [6, 6.07) is 12.3. The molecule has 4 nitrogen and oxygen atoms in total. The Bertz CT molecular complexity index is 612. The van der Waals surface area contributed by atoms with Gasteiger partial charge in [-0.2, -0.15) is 0 Å². The number of primary amides is 1. The molecule has 1 aliphatic rings. The molecular formula is C16H16N3O. The molecule has 2 N–H and O–H groups in total. The number of fused-ring (bicyclic) bond motifs is 1. The molecule has 101 valence electrons. The first-order valence-electron chi connectivity index (χ1n) is 6.67. The highest BCUT2D eigenvalue weighted by Gasteiger charge is 2.31. The van der Waals surface area contributed by atoms with Gasteiger partial charge in [0.25, 0.3) is 0 Å². The Hall–Kier alpha value is -2.20. The topological polar surface area (TPSA) is 59.2 Å². The minimum Gasteiger partial charge on any atom is -0.368 e. The van der Waals surface area contributed by atoms with Crippen LogP contribution in [0.1, 0.15) is 22.7 Å². The monoisotopic (exact) mass is 266 g/mol. The van der Waals surface area contributed by atoms with Crippen LogP contribution >= 0.6 is 0 Å². The summed E-state index contributed by atoms with van der Waals surface area (Å²) < 4.78 is 0. The van der Waals surface area contributed by atoms with Crippen molar-refractivity contribution in [3.8, 4) is 0 Å². The van der Waals surface area contributed by atoms with E-state index in [-0.39, 0.29) is 11.9 Å². The van der Waals surface area contributed by atoms with Crippen molar-refractivity contribution in [2.45, 2.75) is 19.0 Å². The van der Waals surface area contributed by atoms with Gasteiger partial charge in [0.2, 0.25) is 5.91 Å². The number of carbonyl (C=O) groups is 1. The number of pyridine rings is 1. The maximum Gasteiger partial charge on any atom is 0.239 e. The van der Waals surface area contributed by atoms with Gasteiger partial charge in [-0.15, -0.1) is 0 Å². The molecule has 1 aromatic heterocycles. The number of nitrogens with two attached hydrogens (primary N) is 1. The maximum absolute atomic E-state index is 11.9. The van der Waals surface area contributed by atoms with Crippen molar-refractivity contribution in [2.24, 2.45) is 5.73 Å². The normalized spacial score (nSPS) is 18.5. The molecule has 1 aromatic carbocycles. The predicted molar refractivity (Wildman–Crippen MR) is 75.6 cm³/mol. The Morgan fingerprint density at radius 1 is 1.50 bits per heavy atom. The van der Waals surface area contributed by atoms with Crippen LogP contribution in [-0.2, 0) is 17.8 Å². The molecule has 1 aliphatic heterocycles. The average molecular weight is 266 g/mol. The van der Waals surface area contributed by atoms with Gasteiger partial charge in [0, 0.05) is 25.5 Å². The Morgan fingerprint density at radius 3 is 3.15 bits per heavy atom. The summed E-state index contributed by atoms with van der Waals surface area (Å²) in [5.41, 5.74) is 8.88. The van der Waals surface area contributed by atoms with Crippen LogP contribution in [0, 0.1) is 6.07 Å². The molecule has 2 aromatic rings. The molecular weight excluding hydrogens is 250 g/mol. The number of amides is 1. The summed E-state index contributed by atoms with van der Waals surface area (Å²) >= 11 is 0. The molecule has 3 rings (SSSR count). The Labute approximate surface area is 118 Å². The van der Waals surface area contributed by atoms with Gasteiger partial charge in [0.15, 0.2) is 0 Å². The summed E-state index contributed by atoms with van der Waals surface area (Å²) in [6.45, 7) is 1.49. The summed E-state index contributed by atoms with van der Waals surface area (Å²) in [7, 11) is 0. The van der Waals surface area contributed by atoms with E-state index in [1.165, 1.54) is 5.56 Å². The van der Waals surface area contributed by atoms with Gasteiger partial charge in [-0.1, -0.05) is 24.3 Å². The number of hydrogen-bond acceptors (Lipinski definition) is 3. The number of aromatic nitrogens is 1. The molecule has 1 amide bonds. The molecule has 1 radical (unpaired) electrons. The lowest BCUT2D eigenvalue weighted by molar-refractivity contribution is -0.124. The van der Waals surface area contributed by atoms with E-state index in [4.69, 9.17) is 5.73 Å². The Morgan fingerprint density at radius 2 is 2.40 bits per heavy atom. The van der Waals surface area contributed by atoms with Gasteiger partial charge >= 0.3 is 0 Å². The van der Waals surface area contributed by atoms with Crippen molar-refractivity contribution in [1.29, 1.82) is 0 Å². The molecule has 0 saturated heterocycles. The van der Waals surface area contributed by atoms with Crippen molar-refractivity contribution < 1.29 is 4.79 Å². The van der Waals surface area contributed by atoms with Crippen LogP contribution in [0.15, 0.2) is 42.7 Å². The fourth-order valence-corrected chi connectivity index (χ4v) is 2.78. The van der Waals surface area contributed by atoms with Crippen LogP contribution in [-0.4, -0.2) is 22.3 Å². The van der Waals surface area contributed by atoms with Crippen LogP contribution in [0.3, 0.4) is 0 Å². The van der Waals surface area contributed by atoms with Crippen molar-refractivity contribution in [1.82, 2.24) is 9.88 Å². The molecule has 20 heavy (non-hydrogen) atoms. The van der Waals surface area contributed by atoms with Crippen LogP contribution in [0.4, 0.5) is 0 Å². The quantitative estimate of drug-likeness (QED) is 0.915. The lowest BCUT2D eigenvalue weighted by Crippen LogP contribution is -2.42. The smallest absolute Gasteiger partial charge is 0.239 e. The zero-order valence-corrected chi connectivity index (χ0v) is 11.1. The predicted octanol–water partition coefficient (Wildman–Crippen LogP) is 1.47. The van der Waals surface area contributed by atoms with E-state index in [1.807, 2.05) is 36.5 Å². The van der Waals surface area contributed by atoms with Crippen molar-refractivity contribution in [3.63, 3.8) is 0 Å². The maximum atomic E-state index is 11.9.